The smallest absolute Gasteiger partial charge is 0.311 e. The van der Waals surface area contributed by atoms with Crippen LogP contribution >= 0.6 is 11.6 Å². The van der Waals surface area contributed by atoms with Crippen LogP contribution in [0.5, 0.6) is 5.75 Å². The zero-order chi connectivity index (χ0) is 25.8. The molecule has 1 aliphatic rings. The number of aryl methyl sites for hydroxylation is 1. The monoisotopic (exact) mass is 508 g/mol. The number of hydrogen-bond acceptors (Lipinski definition) is 6. The third kappa shape index (κ3) is 5.26. The van der Waals surface area contributed by atoms with E-state index in [4.69, 9.17) is 16.3 Å². The topological polar surface area (TPSA) is 105 Å². The molecule has 1 aliphatic heterocycles. The molecular weight excluding hydrogens is 484 g/mol. The first-order valence-electron chi connectivity index (χ1n) is 11.3. The van der Waals surface area contributed by atoms with Gasteiger partial charge in [-0.25, -0.2) is 0 Å². The van der Waals surface area contributed by atoms with Gasteiger partial charge in [0, 0.05) is 49.1 Å². The van der Waals surface area contributed by atoms with Crippen molar-refractivity contribution in [3.8, 4) is 5.75 Å². The SMILES string of the molecule is COc1ccc(C(=O)Nc2ccc(N3CCN(C(=O)c4ccccc4C)CC3)c(Cl)c2)cc1[N+](=O)[O-]. The molecule has 1 heterocycles. The Labute approximate surface area is 213 Å². The van der Waals surface area contributed by atoms with E-state index in [9.17, 15) is 19.7 Å². The number of nitrogens with one attached hydrogen (secondary N) is 1. The van der Waals surface area contributed by atoms with Crippen LogP contribution < -0.4 is 15.0 Å². The maximum absolute atomic E-state index is 12.9. The molecule has 0 aromatic heterocycles. The van der Waals surface area contributed by atoms with Gasteiger partial charge in [-0.2, -0.15) is 0 Å². The summed E-state index contributed by atoms with van der Waals surface area (Å²) < 4.78 is 4.98. The maximum atomic E-state index is 12.9. The van der Waals surface area contributed by atoms with Crippen molar-refractivity contribution in [2.75, 3.05) is 43.5 Å². The number of anilines is 2. The Balaban J connectivity index is 1.41. The van der Waals surface area contributed by atoms with Crippen LogP contribution in [-0.4, -0.2) is 54.9 Å². The van der Waals surface area contributed by atoms with Crippen LogP contribution in [0.3, 0.4) is 0 Å². The minimum atomic E-state index is -0.602. The van der Waals surface area contributed by atoms with Crippen LogP contribution in [0.2, 0.25) is 5.02 Å². The molecule has 0 radical (unpaired) electrons. The number of benzene rings is 3. The Kier molecular flexibility index (Phi) is 7.40. The van der Waals surface area contributed by atoms with Crippen molar-refractivity contribution in [3.05, 3.63) is 92.5 Å². The molecule has 3 aromatic rings. The van der Waals surface area contributed by atoms with Crippen molar-refractivity contribution in [1.82, 2.24) is 4.90 Å². The van der Waals surface area contributed by atoms with Gasteiger partial charge < -0.3 is 19.9 Å². The number of nitrogens with zero attached hydrogens (tertiary/aromatic N) is 3. The molecule has 3 aromatic carbocycles. The third-order valence-electron chi connectivity index (χ3n) is 6.13. The number of halogens is 1. The number of rotatable bonds is 6. The second-order valence-electron chi connectivity index (χ2n) is 8.36. The van der Waals surface area contributed by atoms with Crippen LogP contribution in [0.25, 0.3) is 0 Å². The van der Waals surface area contributed by atoms with Crippen molar-refractivity contribution < 1.29 is 19.2 Å². The zero-order valence-corrected chi connectivity index (χ0v) is 20.6. The van der Waals surface area contributed by atoms with E-state index in [0.29, 0.717) is 42.5 Å². The van der Waals surface area contributed by atoms with E-state index in [0.717, 1.165) is 11.3 Å². The predicted octanol–water partition coefficient (Wildman–Crippen LogP) is 4.78. The number of ether oxygens (including phenoxy) is 1. The lowest BCUT2D eigenvalue weighted by molar-refractivity contribution is -0.385. The van der Waals surface area contributed by atoms with E-state index >= 15 is 0 Å². The molecule has 0 spiro atoms. The lowest BCUT2D eigenvalue weighted by atomic mass is 10.1. The molecule has 186 valence electrons. The summed E-state index contributed by atoms with van der Waals surface area (Å²) in [6.07, 6.45) is 0. The number of amides is 2. The van der Waals surface area contributed by atoms with Crippen molar-refractivity contribution >= 4 is 40.5 Å². The fourth-order valence-electron chi connectivity index (χ4n) is 4.15. The number of carbonyl (C=O) groups excluding carboxylic acids is 2. The number of carbonyl (C=O) groups is 2. The number of nitro groups is 1. The number of piperazine rings is 1. The highest BCUT2D eigenvalue weighted by Gasteiger charge is 2.24. The van der Waals surface area contributed by atoms with Gasteiger partial charge in [0.15, 0.2) is 5.75 Å². The van der Waals surface area contributed by atoms with Crippen molar-refractivity contribution in [2.24, 2.45) is 0 Å². The highest BCUT2D eigenvalue weighted by atomic mass is 35.5. The van der Waals surface area contributed by atoms with Crippen LogP contribution in [0.1, 0.15) is 26.3 Å². The standard InChI is InChI=1S/C26H25ClN4O5/c1-17-5-3-4-6-20(17)26(33)30-13-11-29(12-14-30)22-9-8-19(16-21(22)27)28-25(32)18-7-10-24(36-2)23(15-18)31(34)35/h3-10,15-16H,11-14H2,1-2H3,(H,28,32). The van der Waals surface area contributed by atoms with Gasteiger partial charge in [-0.05, 0) is 48.9 Å². The number of nitro benzene ring substituents is 1. The lowest BCUT2D eigenvalue weighted by Crippen LogP contribution is -2.49. The van der Waals surface area contributed by atoms with Gasteiger partial charge in [0.2, 0.25) is 0 Å². The molecule has 2 amide bonds. The average Bonchev–Trinajstić information content (AvgIpc) is 2.88. The molecule has 0 unspecified atom stereocenters. The summed E-state index contributed by atoms with van der Waals surface area (Å²) in [5, 5.41) is 14.4. The van der Waals surface area contributed by atoms with E-state index in [1.807, 2.05) is 42.2 Å². The summed E-state index contributed by atoms with van der Waals surface area (Å²) in [4.78, 5) is 40.1. The lowest BCUT2D eigenvalue weighted by Gasteiger charge is -2.36. The average molecular weight is 509 g/mol. The van der Waals surface area contributed by atoms with E-state index < -0.39 is 10.8 Å². The molecule has 0 saturated carbocycles. The summed E-state index contributed by atoms with van der Waals surface area (Å²) >= 11 is 6.53. The Hall–Kier alpha value is -4.11. The van der Waals surface area contributed by atoms with E-state index in [2.05, 4.69) is 10.2 Å². The van der Waals surface area contributed by atoms with Crippen molar-refractivity contribution in [1.29, 1.82) is 0 Å². The normalized spacial score (nSPS) is 13.3. The fourth-order valence-corrected chi connectivity index (χ4v) is 4.45. The second kappa shape index (κ2) is 10.7. The fraction of sp³-hybridized carbons (Fsp3) is 0.231. The molecule has 0 aliphatic carbocycles. The minimum absolute atomic E-state index is 0.0238. The number of hydrogen-bond donors (Lipinski definition) is 1. The molecule has 1 fully saturated rings. The van der Waals surface area contributed by atoms with Crippen molar-refractivity contribution in [3.63, 3.8) is 0 Å². The minimum Gasteiger partial charge on any atom is -0.490 e. The Bertz CT molecular complexity index is 1320. The Morgan fingerprint density at radius 1 is 1.03 bits per heavy atom. The molecule has 9 nitrogen and oxygen atoms in total. The molecule has 1 N–H and O–H groups in total. The van der Waals surface area contributed by atoms with Crippen LogP contribution in [0, 0.1) is 17.0 Å². The maximum Gasteiger partial charge on any atom is 0.311 e. The molecule has 0 bridgehead atoms. The van der Waals surface area contributed by atoms with Gasteiger partial charge in [-0.1, -0.05) is 29.8 Å². The molecule has 0 atom stereocenters. The van der Waals surface area contributed by atoms with E-state index in [1.54, 1.807) is 12.1 Å². The molecular formula is C26H25ClN4O5. The summed E-state index contributed by atoms with van der Waals surface area (Å²) in [5.41, 5.74) is 2.76. The quantitative estimate of drug-likeness (QED) is 0.379. The summed E-state index contributed by atoms with van der Waals surface area (Å²) in [5.74, 6) is -0.409. The summed E-state index contributed by atoms with van der Waals surface area (Å²) in [6.45, 7) is 4.31. The second-order valence-corrected chi connectivity index (χ2v) is 8.77. The van der Waals surface area contributed by atoms with Crippen LogP contribution in [0.15, 0.2) is 60.7 Å². The molecule has 36 heavy (non-hydrogen) atoms. The highest BCUT2D eigenvalue weighted by molar-refractivity contribution is 6.33. The molecule has 1 saturated heterocycles. The van der Waals surface area contributed by atoms with Crippen molar-refractivity contribution in [2.45, 2.75) is 6.92 Å². The largest absolute Gasteiger partial charge is 0.490 e. The van der Waals surface area contributed by atoms with E-state index in [-0.39, 0.29) is 22.9 Å². The van der Waals surface area contributed by atoms with Gasteiger partial charge in [0.1, 0.15) is 0 Å². The van der Waals surface area contributed by atoms with Crippen LogP contribution in [0.4, 0.5) is 17.1 Å². The molecule has 4 rings (SSSR count). The first kappa shape index (κ1) is 25.0. The van der Waals surface area contributed by atoms with Gasteiger partial charge in [0.05, 0.1) is 22.7 Å². The van der Waals surface area contributed by atoms with E-state index in [1.165, 1.54) is 25.3 Å². The first-order valence-corrected chi connectivity index (χ1v) is 11.7. The van der Waals surface area contributed by atoms with Gasteiger partial charge in [0.25, 0.3) is 11.8 Å². The predicted molar refractivity (Wildman–Crippen MR) is 138 cm³/mol. The van der Waals surface area contributed by atoms with Gasteiger partial charge in [-0.3, -0.25) is 19.7 Å². The summed E-state index contributed by atoms with van der Waals surface area (Å²) in [6, 6.07) is 16.7. The number of methoxy groups -OCH3 is 1. The summed E-state index contributed by atoms with van der Waals surface area (Å²) in [7, 11) is 1.33. The Morgan fingerprint density at radius 3 is 2.39 bits per heavy atom. The first-order chi connectivity index (χ1) is 17.3. The van der Waals surface area contributed by atoms with Gasteiger partial charge in [-0.15, -0.1) is 0 Å². The highest BCUT2D eigenvalue weighted by Crippen LogP contribution is 2.31. The van der Waals surface area contributed by atoms with Crippen LogP contribution in [-0.2, 0) is 0 Å². The molecule has 10 heteroatoms. The van der Waals surface area contributed by atoms with Gasteiger partial charge >= 0.3 is 5.69 Å². The Morgan fingerprint density at radius 2 is 1.75 bits per heavy atom. The zero-order valence-electron chi connectivity index (χ0n) is 19.9. The third-order valence-corrected chi connectivity index (χ3v) is 6.43.